The Balaban J connectivity index is 1.73. The molecule has 0 aromatic carbocycles. The second-order valence-corrected chi connectivity index (χ2v) is 6.15. The molecule has 0 bridgehead atoms. The Morgan fingerprint density at radius 3 is 2.77 bits per heavy atom. The standard InChI is InChI=1S/C15H22N6O/c1-10(2)18-14(22)12-4-6-20(7-5-12)13-8-11(3)19-15-16-9-17-21(13)15/h8-10,12H,4-7H2,1-3H3,(H,18,22). The van der Waals surface area contributed by atoms with Crippen LogP contribution >= 0.6 is 0 Å². The fraction of sp³-hybridized carbons (Fsp3) is 0.600. The van der Waals surface area contributed by atoms with Crippen molar-refractivity contribution < 1.29 is 4.79 Å². The average molecular weight is 302 g/mol. The summed E-state index contributed by atoms with van der Waals surface area (Å²) in [4.78, 5) is 22.9. The first kappa shape index (κ1) is 14.7. The van der Waals surface area contributed by atoms with Crippen LogP contribution in [0.4, 0.5) is 5.82 Å². The van der Waals surface area contributed by atoms with Crippen molar-refractivity contribution in [2.45, 2.75) is 39.7 Å². The van der Waals surface area contributed by atoms with Gasteiger partial charge in [0.2, 0.25) is 5.91 Å². The largest absolute Gasteiger partial charge is 0.356 e. The van der Waals surface area contributed by atoms with Crippen molar-refractivity contribution in [2.75, 3.05) is 18.0 Å². The molecule has 1 saturated heterocycles. The van der Waals surface area contributed by atoms with Gasteiger partial charge < -0.3 is 10.2 Å². The summed E-state index contributed by atoms with van der Waals surface area (Å²) in [6.45, 7) is 7.63. The quantitative estimate of drug-likeness (QED) is 0.921. The Bertz CT molecular complexity index is 672. The summed E-state index contributed by atoms with van der Waals surface area (Å²) in [5, 5.41) is 7.26. The van der Waals surface area contributed by atoms with E-state index in [0.29, 0.717) is 5.78 Å². The second kappa shape index (κ2) is 5.90. The smallest absolute Gasteiger partial charge is 0.254 e. The molecule has 3 heterocycles. The van der Waals surface area contributed by atoms with Crippen LogP contribution in [0.25, 0.3) is 5.78 Å². The first-order valence-corrected chi connectivity index (χ1v) is 7.77. The van der Waals surface area contributed by atoms with Gasteiger partial charge in [-0.3, -0.25) is 4.79 Å². The summed E-state index contributed by atoms with van der Waals surface area (Å²) >= 11 is 0. The number of carbonyl (C=O) groups is 1. The summed E-state index contributed by atoms with van der Waals surface area (Å²) in [5.41, 5.74) is 0.926. The number of rotatable bonds is 3. The van der Waals surface area contributed by atoms with Crippen molar-refractivity contribution in [1.29, 1.82) is 0 Å². The molecule has 1 N–H and O–H groups in total. The minimum absolute atomic E-state index is 0.104. The van der Waals surface area contributed by atoms with Gasteiger partial charge >= 0.3 is 0 Å². The summed E-state index contributed by atoms with van der Waals surface area (Å²) in [5.74, 6) is 1.90. The zero-order valence-electron chi connectivity index (χ0n) is 13.3. The molecule has 1 fully saturated rings. The van der Waals surface area contributed by atoms with Crippen LogP contribution < -0.4 is 10.2 Å². The lowest BCUT2D eigenvalue weighted by Crippen LogP contribution is -2.43. The highest BCUT2D eigenvalue weighted by Gasteiger charge is 2.26. The molecule has 2 aromatic heterocycles. The van der Waals surface area contributed by atoms with Crippen molar-refractivity contribution in [3.8, 4) is 0 Å². The molecule has 0 unspecified atom stereocenters. The molecule has 3 rings (SSSR count). The summed E-state index contributed by atoms with van der Waals surface area (Å²) in [6.07, 6.45) is 3.24. The Morgan fingerprint density at radius 1 is 1.36 bits per heavy atom. The van der Waals surface area contributed by atoms with E-state index in [2.05, 4.69) is 25.3 Å². The van der Waals surface area contributed by atoms with Crippen molar-refractivity contribution in [1.82, 2.24) is 24.9 Å². The van der Waals surface area contributed by atoms with E-state index in [9.17, 15) is 4.79 Å². The SMILES string of the molecule is Cc1cc(N2CCC(C(=O)NC(C)C)CC2)n2ncnc2n1. The predicted molar refractivity (Wildman–Crippen MR) is 83.7 cm³/mol. The van der Waals surface area contributed by atoms with Gasteiger partial charge in [0.1, 0.15) is 12.1 Å². The van der Waals surface area contributed by atoms with E-state index in [1.807, 2.05) is 26.8 Å². The molecular weight excluding hydrogens is 280 g/mol. The normalized spacial score (nSPS) is 16.5. The number of nitrogens with zero attached hydrogens (tertiary/aromatic N) is 5. The predicted octanol–water partition coefficient (Wildman–Crippen LogP) is 1.17. The van der Waals surface area contributed by atoms with Gasteiger partial charge in [-0.2, -0.15) is 14.6 Å². The summed E-state index contributed by atoms with van der Waals surface area (Å²) in [6, 6.07) is 2.22. The van der Waals surface area contributed by atoms with Gasteiger partial charge in [-0.05, 0) is 33.6 Å². The van der Waals surface area contributed by atoms with Crippen molar-refractivity contribution in [3.63, 3.8) is 0 Å². The molecular formula is C15H22N6O. The topological polar surface area (TPSA) is 75.4 Å². The van der Waals surface area contributed by atoms with Crippen molar-refractivity contribution in [2.24, 2.45) is 5.92 Å². The number of carbonyl (C=O) groups excluding carboxylic acids is 1. The monoisotopic (exact) mass is 302 g/mol. The van der Waals surface area contributed by atoms with Gasteiger partial charge in [0, 0.05) is 36.8 Å². The maximum absolute atomic E-state index is 12.1. The third-order valence-electron chi connectivity index (χ3n) is 3.98. The van der Waals surface area contributed by atoms with Crippen LogP contribution in [-0.2, 0) is 4.79 Å². The maximum Gasteiger partial charge on any atom is 0.254 e. The van der Waals surface area contributed by atoms with Crippen LogP contribution in [0.15, 0.2) is 12.4 Å². The van der Waals surface area contributed by atoms with Crippen LogP contribution in [0.1, 0.15) is 32.4 Å². The van der Waals surface area contributed by atoms with E-state index >= 15 is 0 Å². The summed E-state index contributed by atoms with van der Waals surface area (Å²) < 4.78 is 1.77. The van der Waals surface area contributed by atoms with E-state index in [1.165, 1.54) is 6.33 Å². The molecule has 0 spiro atoms. The molecule has 1 aliphatic rings. The minimum Gasteiger partial charge on any atom is -0.356 e. The van der Waals surface area contributed by atoms with Crippen LogP contribution in [0, 0.1) is 12.8 Å². The van der Waals surface area contributed by atoms with E-state index in [4.69, 9.17) is 0 Å². The number of amides is 1. The lowest BCUT2D eigenvalue weighted by molar-refractivity contribution is -0.126. The van der Waals surface area contributed by atoms with Gasteiger partial charge in [-0.15, -0.1) is 0 Å². The fourth-order valence-electron chi connectivity index (χ4n) is 2.91. The Kier molecular flexibility index (Phi) is 3.96. The number of nitrogens with one attached hydrogen (secondary N) is 1. The molecule has 118 valence electrons. The zero-order valence-corrected chi connectivity index (χ0v) is 13.3. The fourth-order valence-corrected chi connectivity index (χ4v) is 2.91. The van der Waals surface area contributed by atoms with E-state index < -0.39 is 0 Å². The number of piperidine rings is 1. The molecule has 0 aliphatic carbocycles. The van der Waals surface area contributed by atoms with Gasteiger partial charge in [-0.25, -0.2) is 4.98 Å². The third kappa shape index (κ3) is 2.88. The molecule has 1 aliphatic heterocycles. The van der Waals surface area contributed by atoms with Gasteiger partial charge in [0.25, 0.3) is 5.78 Å². The number of hydrogen-bond donors (Lipinski definition) is 1. The van der Waals surface area contributed by atoms with Crippen molar-refractivity contribution >= 4 is 17.5 Å². The first-order chi connectivity index (χ1) is 10.5. The third-order valence-corrected chi connectivity index (χ3v) is 3.98. The zero-order chi connectivity index (χ0) is 15.7. The van der Waals surface area contributed by atoms with E-state index in [-0.39, 0.29) is 17.9 Å². The molecule has 2 aromatic rings. The van der Waals surface area contributed by atoms with Crippen LogP contribution in [0.3, 0.4) is 0 Å². The number of fused-ring (bicyclic) bond motifs is 1. The Morgan fingerprint density at radius 2 is 2.09 bits per heavy atom. The van der Waals surface area contributed by atoms with E-state index in [1.54, 1.807) is 4.52 Å². The molecule has 22 heavy (non-hydrogen) atoms. The maximum atomic E-state index is 12.1. The summed E-state index contributed by atoms with van der Waals surface area (Å²) in [7, 11) is 0. The van der Waals surface area contributed by atoms with Crippen LogP contribution in [0.5, 0.6) is 0 Å². The van der Waals surface area contributed by atoms with Crippen LogP contribution in [-0.4, -0.2) is 44.6 Å². The molecule has 7 nitrogen and oxygen atoms in total. The Hall–Kier alpha value is -2.18. The van der Waals surface area contributed by atoms with E-state index in [0.717, 1.165) is 37.4 Å². The number of aromatic nitrogens is 4. The minimum atomic E-state index is 0.104. The highest BCUT2D eigenvalue weighted by Crippen LogP contribution is 2.24. The average Bonchev–Trinajstić information content (AvgIpc) is 2.94. The first-order valence-electron chi connectivity index (χ1n) is 7.77. The van der Waals surface area contributed by atoms with Crippen molar-refractivity contribution in [3.05, 3.63) is 18.1 Å². The highest BCUT2D eigenvalue weighted by atomic mass is 16.1. The number of aryl methyl sites for hydroxylation is 1. The van der Waals surface area contributed by atoms with Crippen LogP contribution in [0.2, 0.25) is 0 Å². The van der Waals surface area contributed by atoms with Gasteiger partial charge in [-0.1, -0.05) is 0 Å². The van der Waals surface area contributed by atoms with Gasteiger partial charge in [0.05, 0.1) is 0 Å². The molecule has 7 heteroatoms. The second-order valence-electron chi connectivity index (χ2n) is 6.15. The number of hydrogen-bond acceptors (Lipinski definition) is 5. The molecule has 0 atom stereocenters. The molecule has 1 amide bonds. The lowest BCUT2D eigenvalue weighted by Gasteiger charge is -2.33. The van der Waals surface area contributed by atoms with Gasteiger partial charge in [0.15, 0.2) is 0 Å². The number of anilines is 1. The molecule has 0 radical (unpaired) electrons. The molecule has 0 saturated carbocycles. The lowest BCUT2D eigenvalue weighted by atomic mass is 9.95. The Labute approximate surface area is 129 Å². The highest BCUT2D eigenvalue weighted by molar-refractivity contribution is 5.79.